The van der Waals surface area contributed by atoms with E-state index < -0.39 is 0 Å². The number of hydrogen-bond acceptors (Lipinski definition) is 2. The number of fused-ring (bicyclic) bond motifs is 1. The summed E-state index contributed by atoms with van der Waals surface area (Å²) in [5, 5.41) is 0. The average molecular weight is 387 g/mol. The Hall–Kier alpha value is -0.850. The number of imidazole rings is 1. The van der Waals surface area contributed by atoms with Crippen LogP contribution >= 0.6 is 22.6 Å². The van der Waals surface area contributed by atoms with Gasteiger partial charge in [-0.05, 0) is 41.5 Å². The smallest absolute Gasteiger partial charge is 0.201 e. The predicted molar refractivity (Wildman–Crippen MR) is 88.2 cm³/mol. The molecule has 3 nitrogen and oxygen atoms in total. The Morgan fingerprint density at radius 2 is 1.80 bits per heavy atom. The molecule has 1 aromatic carbocycles. The Balaban J connectivity index is 2.04. The molecule has 0 amide bonds. The lowest BCUT2D eigenvalue weighted by Crippen LogP contribution is -2.13. The zero-order chi connectivity index (χ0) is 14.1. The lowest BCUT2D eigenvalue weighted by molar-refractivity contribution is 0.381. The van der Waals surface area contributed by atoms with Crippen molar-refractivity contribution in [3.63, 3.8) is 0 Å². The van der Waals surface area contributed by atoms with Crippen molar-refractivity contribution < 1.29 is 4.39 Å². The summed E-state index contributed by atoms with van der Waals surface area (Å²) in [7, 11) is 0. The van der Waals surface area contributed by atoms with Crippen LogP contribution in [0.25, 0.3) is 11.0 Å². The second kappa shape index (κ2) is 5.87. The van der Waals surface area contributed by atoms with E-state index in [-0.39, 0.29) is 5.82 Å². The van der Waals surface area contributed by atoms with Crippen LogP contribution in [0, 0.1) is 9.39 Å². The maximum absolute atomic E-state index is 13.9. The highest BCUT2D eigenvalue weighted by Gasteiger charge is 2.20. The highest BCUT2D eigenvalue weighted by Crippen LogP contribution is 2.33. The Morgan fingerprint density at radius 3 is 2.50 bits per heavy atom. The molecular formula is C15H19FIN3. The fraction of sp³-hybridized carbons (Fsp3) is 0.533. The molecule has 0 spiro atoms. The van der Waals surface area contributed by atoms with Crippen molar-refractivity contribution in [1.29, 1.82) is 0 Å². The molecule has 0 radical (unpaired) electrons. The van der Waals surface area contributed by atoms with E-state index >= 15 is 0 Å². The minimum Gasteiger partial charge on any atom is -0.369 e. The number of nitrogens with two attached hydrogens (primary N) is 1. The highest BCUT2D eigenvalue weighted by molar-refractivity contribution is 14.1. The van der Waals surface area contributed by atoms with Crippen LogP contribution in [-0.4, -0.2) is 9.55 Å². The Bertz CT molecular complexity index is 615. The van der Waals surface area contributed by atoms with Gasteiger partial charge in [-0.2, -0.15) is 0 Å². The number of halogens is 2. The van der Waals surface area contributed by atoms with Crippen LogP contribution in [0.2, 0.25) is 0 Å². The lowest BCUT2D eigenvalue weighted by atomic mass is 9.96. The summed E-state index contributed by atoms with van der Waals surface area (Å²) in [5.74, 6) is 0.331. The number of benzene rings is 1. The third kappa shape index (κ3) is 2.64. The third-order valence-corrected chi connectivity index (χ3v) is 5.03. The van der Waals surface area contributed by atoms with Crippen molar-refractivity contribution in [2.24, 2.45) is 0 Å². The van der Waals surface area contributed by atoms with Gasteiger partial charge in [0.15, 0.2) is 0 Å². The van der Waals surface area contributed by atoms with E-state index in [1.165, 1.54) is 32.1 Å². The standard InChI is InChI=1S/C15H19FIN3/c16-11-8-14-13(9-12(11)17)19-15(18)20(14)10-6-4-2-1-3-5-7-10/h8-10H,1-7H2,(H2,18,19). The van der Waals surface area contributed by atoms with Gasteiger partial charge in [0.05, 0.1) is 14.6 Å². The molecular weight excluding hydrogens is 368 g/mol. The topological polar surface area (TPSA) is 43.8 Å². The maximum atomic E-state index is 13.9. The molecule has 2 N–H and O–H groups in total. The fourth-order valence-corrected chi connectivity index (χ4v) is 3.64. The zero-order valence-corrected chi connectivity index (χ0v) is 13.6. The second-order valence-electron chi connectivity index (χ2n) is 5.59. The van der Waals surface area contributed by atoms with Gasteiger partial charge in [-0.3, -0.25) is 0 Å². The Labute approximate surface area is 131 Å². The minimum atomic E-state index is -0.190. The average Bonchev–Trinajstić information content (AvgIpc) is 2.66. The van der Waals surface area contributed by atoms with E-state index in [1.807, 2.05) is 22.6 Å². The monoisotopic (exact) mass is 387 g/mol. The van der Waals surface area contributed by atoms with Crippen LogP contribution in [-0.2, 0) is 0 Å². The first-order valence-electron chi connectivity index (χ1n) is 7.29. The lowest BCUT2D eigenvalue weighted by Gasteiger charge is -2.22. The largest absolute Gasteiger partial charge is 0.369 e. The Morgan fingerprint density at radius 1 is 1.15 bits per heavy atom. The summed E-state index contributed by atoms with van der Waals surface area (Å²) in [6, 6.07) is 3.72. The van der Waals surface area contributed by atoms with Gasteiger partial charge in [-0.15, -0.1) is 0 Å². The first-order valence-corrected chi connectivity index (χ1v) is 8.37. The quantitative estimate of drug-likeness (QED) is 0.725. The third-order valence-electron chi connectivity index (χ3n) is 4.20. The molecule has 0 bridgehead atoms. The van der Waals surface area contributed by atoms with Crippen LogP contribution in [0.5, 0.6) is 0 Å². The zero-order valence-electron chi connectivity index (χ0n) is 11.4. The van der Waals surface area contributed by atoms with Crippen LogP contribution in [0.4, 0.5) is 10.3 Å². The van der Waals surface area contributed by atoms with Crippen molar-refractivity contribution in [2.45, 2.75) is 51.0 Å². The van der Waals surface area contributed by atoms with Crippen molar-refractivity contribution >= 4 is 39.6 Å². The van der Waals surface area contributed by atoms with Crippen molar-refractivity contribution in [3.05, 3.63) is 21.5 Å². The molecule has 1 aliphatic carbocycles. The molecule has 0 aliphatic heterocycles. The van der Waals surface area contributed by atoms with E-state index in [0.717, 1.165) is 23.9 Å². The van der Waals surface area contributed by atoms with Crippen LogP contribution in [0.15, 0.2) is 12.1 Å². The summed E-state index contributed by atoms with van der Waals surface area (Å²) in [6.07, 6.45) is 8.57. The maximum Gasteiger partial charge on any atom is 0.201 e. The van der Waals surface area contributed by atoms with Crippen LogP contribution < -0.4 is 5.73 Å². The van der Waals surface area contributed by atoms with Gasteiger partial charge in [0.2, 0.25) is 5.95 Å². The number of anilines is 1. The summed E-state index contributed by atoms with van der Waals surface area (Å²) in [6.45, 7) is 0. The molecule has 20 heavy (non-hydrogen) atoms. The first-order chi connectivity index (χ1) is 9.66. The van der Waals surface area contributed by atoms with Crippen molar-refractivity contribution in [1.82, 2.24) is 9.55 Å². The Kier molecular flexibility index (Phi) is 4.14. The molecule has 0 unspecified atom stereocenters. The highest BCUT2D eigenvalue weighted by atomic mass is 127. The molecule has 108 valence electrons. The number of hydrogen-bond donors (Lipinski definition) is 1. The van der Waals surface area contributed by atoms with E-state index in [4.69, 9.17) is 5.73 Å². The summed E-state index contributed by atoms with van der Waals surface area (Å²) in [4.78, 5) is 4.41. The molecule has 2 aromatic rings. The molecule has 0 saturated heterocycles. The van der Waals surface area contributed by atoms with E-state index in [2.05, 4.69) is 9.55 Å². The molecule has 1 fully saturated rings. The number of nitrogen functional groups attached to an aromatic ring is 1. The molecule has 5 heteroatoms. The van der Waals surface area contributed by atoms with Crippen molar-refractivity contribution in [2.75, 3.05) is 5.73 Å². The van der Waals surface area contributed by atoms with Gasteiger partial charge in [-0.1, -0.05) is 32.1 Å². The summed E-state index contributed by atoms with van der Waals surface area (Å²) < 4.78 is 16.5. The van der Waals surface area contributed by atoms with Gasteiger partial charge >= 0.3 is 0 Å². The molecule has 1 aliphatic rings. The van der Waals surface area contributed by atoms with E-state index in [0.29, 0.717) is 15.6 Å². The minimum absolute atomic E-state index is 0.190. The van der Waals surface area contributed by atoms with Gasteiger partial charge < -0.3 is 10.3 Å². The molecule has 1 saturated carbocycles. The van der Waals surface area contributed by atoms with Crippen molar-refractivity contribution in [3.8, 4) is 0 Å². The van der Waals surface area contributed by atoms with Crippen LogP contribution in [0.3, 0.4) is 0 Å². The fourth-order valence-electron chi connectivity index (χ4n) is 3.19. The molecule has 0 atom stereocenters. The van der Waals surface area contributed by atoms with E-state index in [9.17, 15) is 4.39 Å². The molecule has 1 aromatic heterocycles. The predicted octanol–water partition coefficient (Wildman–Crippen LogP) is 4.65. The van der Waals surface area contributed by atoms with Gasteiger partial charge in [-0.25, -0.2) is 9.37 Å². The number of nitrogens with zero attached hydrogens (tertiary/aromatic N) is 2. The molecule has 1 heterocycles. The normalized spacial score (nSPS) is 18.1. The summed E-state index contributed by atoms with van der Waals surface area (Å²) in [5.41, 5.74) is 7.74. The number of aromatic nitrogens is 2. The first kappa shape index (κ1) is 14.1. The van der Waals surface area contributed by atoms with Crippen LogP contribution in [0.1, 0.15) is 51.0 Å². The van der Waals surface area contributed by atoms with Gasteiger partial charge in [0, 0.05) is 12.1 Å². The van der Waals surface area contributed by atoms with Gasteiger partial charge in [0.25, 0.3) is 0 Å². The van der Waals surface area contributed by atoms with Gasteiger partial charge in [0.1, 0.15) is 5.82 Å². The second-order valence-corrected chi connectivity index (χ2v) is 6.76. The molecule has 3 rings (SSSR count). The number of rotatable bonds is 1. The SMILES string of the molecule is Nc1nc2cc(I)c(F)cc2n1C1CCCCCCC1. The summed E-state index contributed by atoms with van der Waals surface area (Å²) >= 11 is 1.99. The van der Waals surface area contributed by atoms with E-state index in [1.54, 1.807) is 12.1 Å².